The first-order valence-corrected chi connectivity index (χ1v) is 9.72. The Morgan fingerprint density at radius 1 is 1.17 bits per heavy atom. The van der Waals surface area contributed by atoms with Crippen molar-refractivity contribution in [2.24, 2.45) is 4.99 Å². The molecule has 0 aliphatic rings. The molecule has 0 aliphatic carbocycles. The van der Waals surface area contributed by atoms with Crippen LogP contribution in [-0.2, 0) is 0 Å². The Labute approximate surface area is 190 Å². The largest absolute Gasteiger partial charge is 0.493 e. The number of anilines is 1. The van der Waals surface area contributed by atoms with Gasteiger partial charge in [0.15, 0.2) is 17.5 Å². The van der Waals surface area contributed by atoms with E-state index >= 15 is 0 Å². The molecular weight excluding hydrogens is 483 g/mol. The average Bonchev–Trinajstić information content (AvgIpc) is 3.25. The smallest absolute Gasteiger partial charge is 0.195 e. The maximum atomic E-state index is 5.66. The highest BCUT2D eigenvalue weighted by Gasteiger charge is 2.21. The number of hydrogen-bond acceptors (Lipinski definition) is 5. The summed E-state index contributed by atoms with van der Waals surface area (Å²) in [6.07, 6.45) is 1.71. The van der Waals surface area contributed by atoms with Crippen LogP contribution < -0.4 is 20.1 Å². The molecule has 0 bridgehead atoms. The summed E-state index contributed by atoms with van der Waals surface area (Å²) in [5.74, 6) is 3.01. The number of benzene rings is 1. The lowest BCUT2D eigenvalue weighted by Crippen LogP contribution is -2.40. The molecule has 0 saturated carbocycles. The number of guanidine groups is 1. The fraction of sp³-hybridized carbons (Fsp3) is 0.476. The summed E-state index contributed by atoms with van der Waals surface area (Å²) in [6.45, 7) is 9.38. The van der Waals surface area contributed by atoms with Crippen LogP contribution >= 0.6 is 24.0 Å². The highest BCUT2D eigenvalue weighted by atomic mass is 127. The summed E-state index contributed by atoms with van der Waals surface area (Å²) in [4.78, 5) is 6.68. The van der Waals surface area contributed by atoms with Gasteiger partial charge in [-0.3, -0.25) is 9.89 Å². The summed E-state index contributed by atoms with van der Waals surface area (Å²) in [5, 5.41) is 6.70. The van der Waals surface area contributed by atoms with E-state index in [1.807, 2.05) is 37.3 Å². The van der Waals surface area contributed by atoms with Gasteiger partial charge in [-0.05, 0) is 44.3 Å². The van der Waals surface area contributed by atoms with E-state index in [0.717, 1.165) is 30.3 Å². The molecule has 2 N–H and O–H groups in total. The number of nitrogens with one attached hydrogen (secondary N) is 2. The number of aliphatic imine (C=N–C) groups is 1. The van der Waals surface area contributed by atoms with E-state index in [-0.39, 0.29) is 30.0 Å². The molecule has 1 aromatic heterocycles. The highest BCUT2D eigenvalue weighted by Crippen LogP contribution is 2.30. The van der Waals surface area contributed by atoms with Crippen LogP contribution in [0.2, 0.25) is 0 Å². The van der Waals surface area contributed by atoms with Crippen molar-refractivity contribution in [3.05, 3.63) is 42.4 Å². The predicted octanol–water partition coefficient (Wildman–Crippen LogP) is 4.38. The first kappa shape index (κ1) is 25.1. The van der Waals surface area contributed by atoms with Crippen molar-refractivity contribution in [3.63, 3.8) is 0 Å². The third-order valence-corrected chi connectivity index (χ3v) is 4.54. The fourth-order valence-electron chi connectivity index (χ4n) is 3.08. The Morgan fingerprint density at radius 2 is 1.93 bits per heavy atom. The summed E-state index contributed by atoms with van der Waals surface area (Å²) in [6, 6.07) is 9.78. The van der Waals surface area contributed by atoms with E-state index in [4.69, 9.17) is 13.9 Å². The zero-order chi connectivity index (χ0) is 20.4. The molecule has 8 heteroatoms. The van der Waals surface area contributed by atoms with Gasteiger partial charge in [-0.1, -0.05) is 13.8 Å². The first-order valence-electron chi connectivity index (χ1n) is 9.72. The Bertz CT molecular complexity index is 734. The summed E-state index contributed by atoms with van der Waals surface area (Å²) in [7, 11) is 3.38. The number of ether oxygens (including phenoxy) is 2. The van der Waals surface area contributed by atoms with Crippen LogP contribution in [0.5, 0.6) is 11.5 Å². The molecular formula is C21H33IN4O3. The van der Waals surface area contributed by atoms with Gasteiger partial charge in [0.2, 0.25) is 0 Å². The number of furan rings is 1. The van der Waals surface area contributed by atoms with Crippen LogP contribution in [0, 0.1) is 0 Å². The Morgan fingerprint density at radius 3 is 2.48 bits per heavy atom. The van der Waals surface area contributed by atoms with Crippen molar-refractivity contribution in [1.29, 1.82) is 0 Å². The summed E-state index contributed by atoms with van der Waals surface area (Å²) >= 11 is 0. The summed E-state index contributed by atoms with van der Waals surface area (Å²) < 4.78 is 16.6. The second-order valence-electron chi connectivity index (χ2n) is 6.13. The Hall–Kier alpha value is -1.94. The third-order valence-electron chi connectivity index (χ3n) is 4.54. The molecule has 1 heterocycles. The van der Waals surface area contributed by atoms with Gasteiger partial charge < -0.3 is 24.5 Å². The van der Waals surface area contributed by atoms with E-state index < -0.39 is 0 Å². The lowest BCUT2D eigenvalue weighted by atomic mass is 10.2. The molecule has 1 unspecified atom stereocenters. The van der Waals surface area contributed by atoms with Gasteiger partial charge in [-0.15, -0.1) is 24.0 Å². The number of hydrogen-bond donors (Lipinski definition) is 2. The second kappa shape index (κ2) is 13.3. The molecule has 2 rings (SSSR count). The van der Waals surface area contributed by atoms with E-state index in [0.29, 0.717) is 24.9 Å². The average molecular weight is 516 g/mol. The van der Waals surface area contributed by atoms with E-state index in [1.54, 1.807) is 20.4 Å². The lowest BCUT2D eigenvalue weighted by Gasteiger charge is -2.28. The standard InChI is InChI=1S/C21H32N4O3.HI/c1-6-25(7-2)17(18-10-9-13-28-18)15-23-21(22-4)24-16-11-12-19(27-8-3)20(14-16)26-5;/h9-14,17H,6-8,15H2,1-5H3,(H2,22,23,24);1H. The Kier molecular flexibility index (Phi) is 11.5. The molecule has 2 aromatic rings. The van der Waals surface area contributed by atoms with Gasteiger partial charge in [-0.2, -0.15) is 0 Å². The number of rotatable bonds is 10. The highest BCUT2D eigenvalue weighted by molar-refractivity contribution is 14.0. The van der Waals surface area contributed by atoms with Gasteiger partial charge >= 0.3 is 0 Å². The molecule has 0 amide bonds. The minimum atomic E-state index is 0. The number of methoxy groups -OCH3 is 1. The molecule has 1 atom stereocenters. The molecule has 0 radical (unpaired) electrons. The number of nitrogens with zero attached hydrogens (tertiary/aromatic N) is 2. The summed E-state index contributed by atoms with van der Waals surface area (Å²) in [5.41, 5.74) is 0.866. The molecule has 0 aliphatic heterocycles. The van der Waals surface area contributed by atoms with Crippen LogP contribution in [0.15, 0.2) is 46.0 Å². The van der Waals surface area contributed by atoms with Gasteiger partial charge in [0.1, 0.15) is 5.76 Å². The monoisotopic (exact) mass is 516 g/mol. The van der Waals surface area contributed by atoms with Gasteiger partial charge in [-0.25, -0.2) is 0 Å². The molecule has 1 aromatic carbocycles. The number of halogens is 1. The van der Waals surface area contributed by atoms with Crippen molar-refractivity contribution in [3.8, 4) is 11.5 Å². The van der Waals surface area contributed by atoms with Crippen LogP contribution in [0.1, 0.15) is 32.6 Å². The third kappa shape index (κ3) is 7.11. The maximum absolute atomic E-state index is 5.66. The quantitative estimate of drug-likeness (QED) is 0.278. The topological polar surface area (TPSA) is 71.3 Å². The second-order valence-corrected chi connectivity index (χ2v) is 6.13. The number of likely N-dealkylation sites (N-methyl/N-ethyl adjacent to an activating group) is 1. The lowest BCUT2D eigenvalue weighted by molar-refractivity contribution is 0.193. The minimum absolute atomic E-state index is 0. The van der Waals surface area contributed by atoms with Crippen molar-refractivity contribution in [2.45, 2.75) is 26.8 Å². The molecule has 0 spiro atoms. The van der Waals surface area contributed by atoms with E-state index in [9.17, 15) is 0 Å². The zero-order valence-electron chi connectivity index (χ0n) is 17.9. The molecule has 7 nitrogen and oxygen atoms in total. The zero-order valence-corrected chi connectivity index (χ0v) is 20.2. The van der Waals surface area contributed by atoms with Crippen molar-refractivity contribution in [2.75, 3.05) is 45.7 Å². The normalized spacial score (nSPS) is 12.3. The van der Waals surface area contributed by atoms with Crippen molar-refractivity contribution >= 4 is 35.6 Å². The van der Waals surface area contributed by atoms with Gasteiger partial charge in [0, 0.05) is 25.3 Å². The minimum Gasteiger partial charge on any atom is -0.493 e. The van der Waals surface area contributed by atoms with Crippen LogP contribution in [0.25, 0.3) is 0 Å². The molecule has 29 heavy (non-hydrogen) atoms. The Balaban J connectivity index is 0.00000420. The molecule has 0 fully saturated rings. The van der Waals surface area contributed by atoms with E-state index in [1.165, 1.54) is 0 Å². The fourth-order valence-corrected chi connectivity index (χ4v) is 3.08. The molecule has 0 saturated heterocycles. The molecule has 162 valence electrons. The van der Waals surface area contributed by atoms with Gasteiger partial charge in [0.05, 0.1) is 26.0 Å². The van der Waals surface area contributed by atoms with Gasteiger partial charge in [0.25, 0.3) is 0 Å². The van der Waals surface area contributed by atoms with Crippen LogP contribution in [0.4, 0.5) is 5.69 Å². The van der Waals surface area contributed by atoms with Crippen molar-refractivity contribution < 1.29 is 13.9 Å². The van der Waals surface area contributed by atoms with E-state index in [2.05, 4.69) is 34.4 Å². The predicted molar refractivity (Wildman–Crippen MR) is 129 cm³/mol. The van der Waals surface area contributed by atoms with Crippen molar-refractivity contribution in [1.82, 2.24) is 10.2 Å². The SMILES string of the molecule is CCOc1ccc(NC(=NC)NCC(c2ccco2)N(CC)CC)cc1OC.I. The maximum Gasteiger partial charge on any atom is 0.195 e. The first-order chi connectivity index (χ1) is 13.7. The van der Waals surface area contributed by atoms with Crippen LogP contribution in [0.3, 0.4) is 0 Å². The van der Waals surface area contributed by atoms with Crippen LogP contribution in [-0.4, -0.2) is 51.3 Å².